The van der Waals surface area contributed by atoms with E-state index in [1.165, 1.54) is 0 Å². The number of aromatic amines is 1. The highest BCUT2D eigenvalue weighted by atomic mass is 16.6. The van der Waals surface area contributed by atoms with Gasteiger partial charge in [-0.1, -0.05) is 0 Å². The van der Waals surface area contributed by atoms with Crippen LogP contribution >= 0.6 is 0 Å². The number of rotatable bonds is 3. The Kier molecular flexibility index (Phi) is 5.14. The molecule has 1 aromatic heterocycles. The van der Waals surface area contributed by atoms with Gasteiger partial charge in [0.1, 0.15) is 23.9 Å². The van der Waals surface area contributed by atoms with Crippen LogP contribution in [-0.2, 0) is 9.47 Å². The van der Waals surface area contributed by atoms with Crippen LogP contribution in [-0.4, -0.2) is 68.9 Å². The standard InChI is InChI=1S/C12H15N3O9/c1-23-12(22)14-9(20)4-2-15(11(21)13-8(4)19)10-7(18)6(17)5(3-16)24-10/h2,5-7,10,16-18H,3H2,1H3,(H,13,19,21)(H,14,20,22)/t5-,6+,7-,10+/m0/s1. The van der Waals surface area contributed by atoms with Crippen LogP contribution in [0, 0.1) is 0 Å². The number of ether oxygens (including phenoxy) is 2. The molecule has 2 rings (SSSR count). The van der Waals surface area contributed by atoms with Crippen LogP contribution < -0.4 is 16.6 Å². The molecule has 0 saturated carbocycles. The van der Waals surface area contributed by atoms with E-state index in [1.807, 2.05) is 4.98 Å². The van der Waals surface area contributed by atoms with E-state index < -0.39 is 60.0 Å². The Bertz CT molecular complexity index is 755. The smallest absolute Gasteiger partial charge is 0.413 e. The van der Waals surface area contributed by atoms with E-state index in [4.69, 9.17) is 9.84 Å². The lowest BCUT2D eigenvalue weighted by atomic mass is 10.1. The first-order chi connectivity index (χ1) is 11.3. The molecule has 0 aliphatic carbocycles. The first kappa shape index (κ1) is 17.8. The Balaban J connectivity index is 2.40. The van der Waals surface area contributed by atoms with Gasteiger partial charge in [0.2, 0.25) is 0 Å². The zero-order valence-electron chi connectivity index (χ0n) is 12.3. The lowest BCUT2D eigenvalue weighted by Crippen LogP contribution is -2.42. The van der Waals surface area contributed by atoms with Gasteiger partial charge in [0.15, 0.2) is 6.23 Å². The fraction of sp³-hybridized carbons (Fsp3) is 0.500. The lowest BCUT2D eigenvalue weighted by Gasteiger charge is -2.17. The Morgan fingerprint density at radius 3 is 2.58 bits per heavy atom. The maximum absolute atomic E-state index is 11.9. The molecule has 0 unspecified atom stereocenters. The summed E-state index contributed by atoms with van der Waals surface area (Å²) in [6.45, 7) is -0.623. The number of H-pyrrole nitrogens is 1. The van der Waals surface area contributed by atoms with Crippen molar-refractivity contribution in [2.45, 2.75) is 24.5 Å². The molecule has 2 amide bonds. The Morgan fingerprint density at radius 1 is 1.38 bits per heavy atom. The molecule has 5 N–H and O–H groups in total. The lowest BCUT2D eigenvalue weighted by molar-refractivity contribution is -0.0551. The van der Waals surface area contributed by atoms with Crippen LogP contribution in [0.2, 0.25) is 0 Å². The molecule has 1 aliphatic rings. The third-order valence-electron chi connectivity index (χ3n) is 3.40. The normalized spacial score (nSPS) is 26.2. The summed E-state index contributed by atoms with van der Waals surface area (Å²) in [5.74, 6) is -1.15. The van der Waals surface area contributed by atoms with Crippen molar-refractivity contribution in [3.63, 3.8) is 0 Å². The van der Waals surface area contributed by atoms with Gasteiger partial charge in [-0.25, -0.2) is 9.59 Å². The van der Waals surface area contributed by atoms with Gasteiger partial charge in [-0.3, -0.25) is 24.5 Å². The molecule has 1 aliphatic heterocycles. The van der Waals surface area contributed by atoms with E-state index in [2.05, 4.69) is 4.74 Å². The van der Waals surface area contributed by atoms with Gasteiger partial charge in [-0.2, -0.15) is 0 Å². The number of aromatic nitrogens is 2. The van der Waals surface area contributed by atoms with E-state index in [0.717, 1.165) is 13.3 Å². The minimum absolute atomic E-state index is 0.623. The molecule has 0 bridgehead atoms. The highest BCUT2D eigenvalue weighted by Gasteiger charge is 2.44. The quantitative estimate of drug-likeness (QED) is 0.374. The number of aliphatic hydroxyl groups excluding tert-OH is 3. The number of imide groups is 1. The number of methoxy groups -OCH3 is 1. The molecule has 2 heterocycles. The van der Waals surface area contributed by atoms with Gasteiger partial charge in [-0.15, -0.1) is 0 Å². The van der Waals surface area contributed by atoms with Crippen LogP contribution in [0.25, 0.3) is 0 Å². The number of alkyl carbamates (subject to hydrolysis) is 1. The predicted octanol–water partition coefficient (Wildman–Crippen LogP) is -3.36. The Hall–Kier alpha value is -2.54. The number of carbonyl (C=O) groups excluding carboxylic acids is 2. The van der Waals surface area contributed by atoms with Crippen molar-refractivity contribution in [1.29, 1.82) is 0 Å². The zero-order valence-corrected chi connectivity index (χ0v) is 12.3. The first-order valence-corrected chi connectivity index (χ1v) is 6.67. The van der Waals surface area contributed by atoms with Gasteiger partial charge >= 0.3 is 11.8 Å². The van der Waals surface area contributed by atoms with Gasteiger partial charge < -0.3 is 24.8 Å². The maximum Gasteiger partial charge on any atom is 0.413 e. The SMILES string of the molecule is COC(=O)NC(=O)c1cn([C@@H]2O[C@@H](CO)[C@@H](O)[C@@H]2O)c(=O)[nH]c1=O. The predicted molar refractivity (Wildman–Crippen MR) is 74.2 cm³/mol. The van der Waals surface area contributed by atoms with Crippen LogP contribution in [0.15, 0.2) is 15.8 Å². The molecule has 0 radical (unpaired) electrons. The second-order valence-corrected chi connectivity index (χ2v) is 4.88. The van der Waals surface area contributed by atoms with Crippen molar-refractivity contribution in [1.82, 2.24) is 14.9 Å². The summed E-state index contributed by atoms with van der Waals surface area (Å²) >= 11 is 0. The Labute approximate surface area is 133 Å². The first-order valence-electron chi connectivity index (χ1n) is 6.67. The van der Waals surface area contributed by atoms with Gasteiger partial charge in [-0.05, 0) is 0 Å². The molecule has 1 aromatic rings. The molecule has 12 nitrogen and oxygen atoms in total. The number of carbonyl (C=O) groups is 2. The van der Waals surface area contributed by atoms with Crippen LogP contribution in [0.5, 0.6) is 0 Å². The minimum Gasteiger partial charge on any atom is -0.453 e. The topological polar surface area (TPSA) is 180 Å². The van der Waals surface area contributed by atoms with Crippen molar-refractivity contribution >= 4 is 12.0 Å². The van der Waals surface area contributed by atoms with E-state index in [1.54, 1.807) is 5.32 Å². The van der Waals surface area contributed by atoms with E-state index >= 15 is 0 Å². The molecule has 4 atom stereocenters. The number of aliphatic hydroxyl groups is 3. The molecule has 132 valence electrons. The van der Waals surface area contributed by atoms with Crippen molar-refractivity contribution in [2.75, 3.05) is 13.7 Å². The molecule has 12 heteroatoms. The Morgan fingerprint density at radius 2 is 2.04 bits per heavy atom. The highest BCUT2D eigenvalue weighted by Crippen LogP contribution is 2.27. The highest BCUT2D eigenvalue weighted by molar-refractivity contribution is 6.02. The fourth-order valence-corrected chi connectivity index (χ4v) is 2.16. The number of amides is 2. The molecular weight excluding hydrogens is 330 g/mol. The summed E-state index contributed by atoms with van der Waals surface area (Å²) in [4.78, 5) is 48.3. The number of hydrogen-bond acceptors (Lipinski definition) is 9. The molecule has 0 aromatic carbocycles. The minimum atomic E-state index is -1.60. The largest absolute Gasteiger partial charge is 0.453 e. The average molecular weight is 345 g/mol. The molecule has 1 saturated heterocycles. The summed E-state index contributed by atoms with van der Waals surface area (Å²) in [6.07, 6.45) is -6.04. The fourth-order valence-electron chi connectivity index (χ4n) is 2.16. The van der Waals surface area contributed by atoms with Gasteiger partial charge in [0.25, 0.3) is 11.5 Å². The van der Waals surface area contributed by atoms with Crippen LogP contribution in [0.3, 0.4) is 0 Å². The third kappa shape index (κ3) is 3.21. The van der Waals surface area contributed by atoms with Crippen molar-refractivity contribution < 1.29 is 34.4 Å². The van der Waals surface area contributed by atoms with Crippen molar-refractivity contribution in [3.05, 3.63) is 32.6 Å². The van der Waals surface area contributed by atoms with Gasteiger partial charge in [0.05, 0.1) is 13.7 Å². The van der Waals surface area contributed by atoms with Crippen molar-refractivity contribution in [2.24, 2.45) is 0 Å². The van der Waals surface area contributed by atoms with Crippen LogP contribution in [0.1, 0.15) is 16.6 Å². The maximum atomic E-state index is 11.9. The molecule has 0 spiro atoms. The monoisotopic (exact) mass is 345 g/mol. The van der Waals surface area contributed by atoms with E-state index in [9.17, 15) is 29.4 Å². The zero-order chi connectivity index (χ0) is 18.0. The summed E-state index contributed by atoms with van der Waals surface area (Å²) < 4.78 is 10.0. The third-order valence-corrected chi connectivity index (χ3v) is 3.40. The molecule has 24 heavy (non-hydrogen) atoms. The number of hydrogen-bond donors (Lipinski definition) is 5. The second-order valence-electron chi connectivity index (χ2n) is 4.88. The molecule has 1 fully saturated rings. The summed E-state index contributed by atoms with van der Waals surface area (Å²) in [6, 6.07) is 0. The number of nitrogens with zero attached hydrogens (tertiary/aromatic N) is 1. The summed E-state index contributed by atoms with van der Waals surface area (Å²) in [7, 11) is 1.01. The average Bonchev–Trinajstić information content (AvgIpc) is 2.82. The second kappa shape index (κ2) is 6.92. The number of nitrogens with one attached hydrogen (secondary N) is 2. The van der Waals surface area contributed by atoms with Gasteiger partial charge in [0, 0.05) is 6.20 Å². The summed E-state index contributed by atoms with van der Waals surface area (Å²) in [5, 5.41) is 30.4. The summed E-state index contributed by atoms with van der Waals surface area (Å²) in [5.41, 5.74) is -2.73. The van der Waals surface area contributed by atoms with E-state index in [0.29, 0.717) is 4.57 Å². The van der Waals surface area contributed by atoms with E-state index in [-0.39, 0.29) is 0 Å². The van der Waals surface area contributed by atoms with Crippen LogP contribution in [0.4, 0.5) is 4.79 Å². The molecular formula is C12H15N3O9. The van der Waals surface area contributed by atoms with Crippen molar-refractivity contribution in [3.8, 4) is 0 Å².